The number of rotatable bonds is 3. The summed E-state index contributed by atoms with van der Waals surface area (Å²) in [4.78, 5) is 14.7. The Bertz CT molecular complexity index is 915. The number of aryl methyl sites for hydroxylation is 1. The largest absolute Gasteiger partial charge is 0.451 e. The van der Waals surface area contributed by atoms with Crippen LogP contribution < -0.4 is 0 Å². The molecule has 1 atom stereocenters. The summed E-state index contributed by atoms with van der Waals surface area (Å²) in [6.45, 7) is 0.675. The van der Waals surface area contributed by atoms with Crippen LogP contribution >= 0.6 is 0 Å². The molecule has 1 aromatic carbocycles. The van der Waals surface area contributed by atoms with Gasteiger partial charge in [-0.25, -0.2) is 4.39 Å². The molecule has 1 saturated heterocycles. The molecule has 5 nitrogen and oxygen atoms in total. The Kier molecular flexibility index (Phi) is 3.87. The highest BCUT2D eigenvalue weighted by Gasteiger charge is 2.32. The van der Waals surface area contributed by atoms with Gasteiger partial charge in [0.1, 0.15) is 11.6 Å². The summed E-state index contributed by atoms with van der Waals surface area (Å²) in [5, 5.41) is 4.19. The summed E-state index contributed by atoms with van der Waals surface area (Å²) < 4.78 is 21.3. The van der Waals surface area contributed by atoms with E-state index in [-0.39, 0.29) is 23.5 Å². The monoisotopic (exact) mass is 339 g/mol. The summed E-state index contributed by atoms with van der Waals surface area (Å²) >= 11 is 0. The molecule has 6 heteroatoms. The fourth-order valence-corrected chi connectivity index (χ4v) is 3.37. The maximum absolute atomic E-state index is 13.9. The van der Waals surface area contributed by atoms with Gasteiger partial charge in [0.05, 0.1) is 17.8 Å². The lowest BCUT2D eigenvalue weighted by Gasteiger charge is -2.22. The van der Waals surface area contributed by atoms with Gasteiger partial charge in [0, 0.05) is 25.4 Å². The number of nitrogens with zero attached hydrogens (tertiary/aromatic N) is 3. The first-order valence-electron chi connectivity index (χ1n) is 8.28. The maximum atomic E-state index is 13.9. The average molecular weight is 339 g/mol. The molecular formula is C19H18FN3O2. The van der Waals surface area contributed by atoms with E-state index in [0.29, 0.717) is 17.9 Å². The summed E-state index contributed by atoms with van der Waals surface area (Å²) in [7, 11) is 1.86. The zero-order valence-electron chi connectivity index (χ0n) is 13.9. The lowest BCUT2D eigenvalue weighted by molar-refractivity contribution is 0.0704. The van der Waals surface area contributed by atoms with Gasteiger partial charge < -0.3 is 9.32 Å². The van der Waals surface area contributed by atoms with Crippen molar-refractivity contribution in [2.75, 3.05) is 6.54 Å². The highest BCUT2D eigenvalue weighted by Crippen LogP contribution is 2.34. The summed E-state index contributed by atoms with van der Waals surface area (Å²) in [6, 6.07) is 9.62. The summed E-state index contributed by atoms with van der Waals surface area (Å²) in [6.07, 6.45) is 5.57. The Morgan fingerprint density at radius 1 is 1.28 bits per heavy atom. The predicted molar refractivity (Wildman–Crippen MR) is 90.3 cm³/mol. The lowest BCUT2D eigenvalue weighted by Crippen LogP contribution is -2.30. The highest BCUT2D eigenvalue weighted by atomic mass is 19.1. The number of hydrogen-bond acceptors (Lipinski definition) is 3. The molecule has 1 aliphatic heterocycles. The van der Waals surface area contributed by atoms with Crippen LogP contribution in [-0.2, 0) is 7.05 Å². The fraction of sp³-hybridized carbons (Fsp3) is 0.263. The zero-order chi connectivity index (χ0) is 17.4. The van der Waals surface area contributed by atoms with Crippen molar-refractivity contribution in [2.24, 2.45) is 7.05 Å². The van der Waals surface area contributed by atoms with Gasteiger partial charge in [-0.15, -0.1) is 0 Å². The predicted octanol–water partition coefficient (Wildman–Crippen LogP) is 3.80. The minimum Gasteiger partial charge on any atom is -0.451 e. The molecule has 0 spiro atoms. The van der Waals surface area contributed by atoms with Crippen LogP contribution in [0.1, 0.15) is 35.0 Å². The lowest BCUT2D eigenvalue weighted by atomic mass is 10.1. The first-order valence-corrected chi connectivity index (χ1v) is 8.28. The second kappa shape index (κ2) is 6.20. The van der Waals surface area contributed by atoms with Crippen molar-refractivity contribution in [1.82, 2.24) is 14.7 Å². The van der Waals surface area contributed by atoms with E-state index in [0.717, 1.165) is 18.4 Å². The first-order chi connectivity index (χ1) is 12.1. The molecule has 128 valence electrons. The molecule has 0 saturated carbocycles. The molecule has 1 aliphatic rings. The van der Waals surface area contributed by atoms with Gasteiger partial charge in [-0.3, -0.25) is 9.48 Å². The van der Waals surface area contributed by atoms with Crippen molar-refractivity contribution in [3.63, 3.8) is 0 Å². The van der Waals surface area contributed by atoms with Gasteiger partial charge in [0.25, 0.3) is 5.91 Å². The Morgan fingerprint density at radius 3 is 2.88 bits per heavy atom. The molecule has 0 bridgehead atoms. The molecule has 0 N–H and O–H groups in total. The van der Waals surface area contributed by atoms with Crippen molar-refractivity contribution < 1.29 is 13.6 Å². The molecule has 4 rings (SSSR count). The van der Waals surface area contributed by atoms with E-state index in [2.05, 4.69) is 5.10 Å². The number of furan rings is 1. The molecule has 2 aromatic heterocycles. The SMILES string of the molecule is Cn1cc([C@H]2CCCN2C(=O)c2ccc(-c3ccccc3F)o2)cn1. The maximum Gasteiger partial charge on any atom is 0.290 e. The Hall–Kier alpha value is -2.89. The van der Waals surface area contributed by atoms with Crippen molar-refractivity contribution >= 4 is 5.91 Å². The normalized spacial score (nSPS) is 17.2. The first kappa shape index (κ1) is 15.6. The van der Waals surface area contributed by atoms with E-state index in [4.69, 9.17) is 4.42 Å². The van der Waals surface area contributed by atoms with Crippen molar-refractivity contribution in [2.45, 2.75) is 18.9 Å². The van der Waals surface area contributed by atoms with Crippen molar-refractivity contribution in [3.8, 4) is 11.3 Å². The van der Waals surface area contributed by atoms with Crippen LogP contribution in [0.4, 0.5) is 4.39 Å². The van der Waals surface area contributed by atoms with Crippen LogP contribution in [0.15, 0.2) is 53.2 Å². The Morgan fingerprint density at radius 2 is 2.12 bits per heavy atom. The number of halogens is 1. The van der Waals surface area contributed by atoms with E-state index < -0.39 is 0 Å². The van der Waals surface area contributed by atoms with Gasteiger partial charge in [0.2, 0.25) is 0 Å². The van der Waals surface area contributed by atoms with Crippen molar-refractivity contribution in [1.29, 1.82) is 0 Å². The van der Waals surface area contributed by atoms with Crippen LogP contribution in [0.3, 0.4) is 0 Å². The quantitative estimate of drug-likeness (QED) is 0.729. The minimum atomic E-state index is -0.370. The van der Waals surface area contributed by atoms with E-state index in [1.807, 2.05) is 13.2 Å². The topological polar surface area (TPSA) is 51.3 Å². The highest BCUT2D eigenvalue weighted by molar-refractivity contribution is 5.92. The molecule has 25 heavy (non-hydrogen) atoms. The van der Waals surface area contributed by atoms with Crippen LogP contribution in [0.5, 0.6) is 0 Å². The Labute approximate surface area is 144 Å². The third kappa shape index (κ3) is 2.84. The molecule has 0 unspecified atom stereocenters. The van der Waals surface area contributed by atoms with Crippen LogP contribution in [0.25, 0.3) is 11.3 Å². The molecule has 3 heterocycles. The van der Waals surface area contributed by atoms with Crippen LogP contribution in [0, 0.1) is 5.82 Å². The van der Waals surface area contributed by atoms with Crippen LogP contribution in [-0.4, -0.2) is 27.1 Å². The van der Waals surface area contributed by atoms with Gasteiger partial charge in [-0.1, -0.05) is 12.1 Å². The van der Waals surface area contributed by atoms with E-state index in [1.54, 1.807) is 46.1 Å². The van der Waals surface area contributed by atoms with Gasteiger partial charge in [0.15, 0.2) is 5.76 Å². The number of benzene rings is 1. The minimum absolute atomic E-state index is 0.00297. The number of likely N-dealkylation sites (tertiary alicyclic amines) is 1. The third-order valence-corrected chi connectivity index (χ3v) is 4.58. The third-order valence-electron chi connectivity index (χ3n) is 4.58. The summed E-state index contributed by atoms with van der Waals surface area (Å²) in [5.74, 6) is 0.0480. The molecule has 1 amide bonds. The number of hydrogen-bond donors (Lipinski definition) is 0. The number of carbonyl (C=O) groups is 1. The molecular weight excluding hydrogens is 321 g/mol. The van der Waals surface area contributed by atoms with Gasteiger partial charge in [-0.05, 0) is 37.1 Å². The average Bonchev–Trinajstić information content (AvgIpc) is 3.34. The summed E-state index contributed by atoms with van der Waals surface area (Å²) in [5.41, 5.74) is 1.38. The zero-order valence-corrected chi connectivity index (χ0v) is 13.9. The van der Waals surface area contributed by atoms with E-state index in [1.165, 1.54) is 6.07 Å². The second-order valence-electron chi connectivity index (χ2n) is 6.25. The number of aromatic nitrogens is 2. The number of carbonyl (C=O) groups excluding carboxylic acids is 1. The van der Waals surface area contributed by atoms with Gasteiger partial charge >= 0.3 is 0 Å². The Balaban J connectivity index is 1.60. The van der Waals surface area contributed by atoms with Crippen LogP contribution in [0.2, 0.25) is 0 Å². The molecule has 0 aliphatic carbocycles. The van der Waals surface area contributed by atoms with E-state index in [9.17, 15) is 9.18 Å². The molecule has 1 fully saturated rings. The fourth-order valence-electron chi connectivity index (χ4n) is 3.37. The smallest absolute Gasteiger partial charge is 0.290 e. The van der Waals surface area contributed by atoms with Gasteiger partial charge in [-0.2, -0.15) is 5.10 Å². The van der Waals surface area contributed by atoms with E-state index >= 15 is 0 Å². The number of amides is 1. The standard InChI is InChI=1S/C19H18FN3O2/c1-22-12-13(11-21-22)16-7-4-10-23(16)19(24)18-9-8-17(25-18)14-5-2-3-6-15(14)20/h2-3,5-6,8-9,11-12,16H,4,7,10H2,1H3/t16-/m1/s1. The molecule has 0 radical (unpaired) electrons. The second-order valence-corrected chi connectivity index (χ2v) is 6.25. The van der Waals surface area contributed by atoms with Crippen molar-refractivity contribution in [3.05, 3.63) is 65.9 Å². The molecule has 3 aromatic rings.